The van der Waals surface area contributed by atoms with Gasteiger partial charge in [0.2, 0.25) is 0 Å². The third-order valence-corrected chi connectivity index (χ3v) is 3.08. The smallest absolute Gasteiger partial charge is 0.106 e. The van der Waals surface area contributed by atoms with Gasteiger partial charge in [-0.15, -0.1) is 0 Å². The second-order valence-electron chi connectivity index (χ2n) is 4.27. The first-order chi connectivity index (χ1) is 8.84. The van der Waals surface area contributed by atoms with E-state index in [1.54, 1.807) is 6.20 Å². The van der Waals surface area contributed by atoms with E-state index in [0.717, 1.165) is 43.2 Å². The Morgan fingerprint density at radius 2 is 1.94 bits per heavy atom. The lowest BCUT2D eigenvalue weighted by molar-refractivity contribution is 0.639. The summed E-state index contributed by atoms with van der Waals surface area (Å²) in [6.07, 6.45) is 6.81. The molecule has 0 saturated heterocycles. The maximum atomic E-state index is 5.84. The average Bonchev–Trinajstić information content (AvgIpc) is 2.89. The molecule has 2 aromatic rings. The predicted molar refractivity (Wildman–Crippen MR) is 74.9 cm³/mol. The van der Waals surface area contributed by atoms with E-state index in [4.69, 9.17) is 11.6 Å². The highest BCUT2D eigenvalue weighted by Gasteiger charge is 1.95. The number of aryl methyl sites for hydroxylation is 1. The molecule has 1 heterocycles. The third-order valence-electron chi connectivity index (χ3n) is 2.83. The standard InChI is InChI=1S/C14H18ClN3/c15-13-5-3-12(4-6-13)7-9-16-8-1-2-14-17-10-11-18-14/h3-6,10-11,16H,1-2,7-9H2,(H,17,18). The summed E-state index contributed by atoms with van der Waals surface area (Å²) in [7, 11) is 0. The van der Waals surface area contributed by atoms with Crippen LogP contribution in [0.15, 0.2) is 36.7 Å². The molecule has 0 spiro atoms. The maximum Gasteiger partial charge on any atom is 0.106 e. The Balaban J connectivity index is 1.55. The molecule has 3 nitrogen and oxygen atoms in total. The summed E-state index contributed by atoms with van der Waals surface area (Å²) < 4.78 is 0. The molecule has 0 atom stereocenters. The Labute approximate surface area is 113 Å². The van der Waals surface area contributed by atoms with Crippen LogP contribution in [-0.4, -0.2) is 23.1 Å². The molecule has 0 fully saturated rings. The van der Waals surface area contributed by atoms with Crippen LogP contribution in [0.4, 0.5) is 0 Å². The normalized spacial score (nSPS) is 10.7. The molecule has 0 aliphatic heterocycles. The van der Waals surface area contributed by atoms with Gasteiger partial charge in [0.05, 0.1) is 0 Å². The SMILES string of the molecule is Clc1ccc(CCNCCCc2ncc[nH]2)cc1. The van der Waals surface area contributed by atoms with Crippen LogP contribution < -0.4 is 5.32 Å². The van der Waals surface area contributed by atoms with Crippen molar-refractivity contribution in [2.24, 2.45) is 0 Å². The van der Waals surface area contributed by atoms with Gasteiger partial charge in [0.15, 0.2) is 0 Å². The van der Waals surface area contributed by atoms with Crippen LogP contribution in [0.25, 0.3) is 0 Å². The first kappa shape index (κ1) is 13.1. The van der Waals surface area contributed by atoms with E-state index >= 15 is 0 Å². The van der Waals surface area contributed by atoms with Gasteiger partial charge in [-0.2, -0.15) is 0 Å². The molecular formula is C14H18ClN3. The number of nitrogens with zero attached hydrogens (tertiary/aromatic N) is 1. The van der Waals surface area contributed by atoms with Gasteiger partial charge >= 0.3 is 0 Å². The Morgan fingerprint density at radius 1 is 1.11 bits per heavy atom. The lowest BCUT2D eigenvalue weighted by Gasteiger charge is -2.04. The summed E-state index contributed by atoms with van der Waals surface area (Å²) >= 11 is 5.84. The number of halogens is 1. The summed E-state index contributed by atoms with van der Waals surface area (Å²) in [4.78, 5) is 7.30. The van der Waals surface area contributed by atoms with Crippen molar-refractivity contribution in [3.63, 3.8) is 0 Å². The quantitative estimate of drug-likeness (QED) is 0.754. The van der Waals surface area contributed by atoms with Gasteiger partial charge in [-0.25, -0.2) is 4.98 Å². The van der Waals surface area contributed by atoms with Gasteiger partial charge in [-0.05, 0) is 43.6 Å². The summed E-state index contributed by atoms with van der Waals surface area (Å²) in [6, 6.07) is 8.03. The molecule has 0 saturated carbocycles. The van der Waals surface area contributed by atoms with E-state index in [9.17, 15) is 0 Å². The van der Waals surface area contributed by atoms with E-state index in [-0.39, 0.29) is 0 Å². The van der Waals surface area contributed by atoms with Crippen molar-refractivity contribution < 1.29 is 0 Å². The molecule has 0 unspecified atom stereocenters. The van der Waals surface area contributed by atoms with Gasteiger partial charge < -0.3 is 10.3 Å². The molecule has 0 aliphatic rings. The lowest BCUT2D eigenvalue weighted by Crippen LogP contribution is -2.19. The molecule has 2 N–H and O–H groups in total. The fourth-order valence-corrected chi connectivity index (χ4v) is 1.95. The van der Waals surface area contributed by atoms with E-state index < -0.39 is 0 Å². The van der Waals surface area contributed by atoms with E-state index in [1.165, 1.54) is 5.56 Å². The molecule has 0 amide bonds. The van der Waals surface area contributed by atoms with Crippen molar-refractivity contribution >= 4 is 11.6 Å². The number of H-pyrrole nitrogens is 1. The van der Waals surface area contributed by atoms with E-state index in [0.29, 0.717) is 0 Å². The summed E-state index contributed by atoms with van der Waals surface area (Å²) in [5.74, 6) is 1.06. The number of benzene rings is 1. The second kappa shape index (κ2) is 7.19. The number of aromatic nitrogens is 2. The number of hydrogen-bond donors (Lipinski definition) is 2. The summed E-state index contributed by atoms with van der Waals surface area (Å²) in [5, 5.41) is 4.23. The largest absolute Gasteiger partial charge is 0.349 e. The fourth-order valence-electron chi connectivity index (χ4n) is 1.82. The number of hydrogen-bond acceptors (Lipinski definition) is 2. The third kappa shape index (κ3) is 4.51. The molecule has 18 heavy (non-hydrogen) atoms. The minimum Gasteiger partial charge on any atom is -0.349 e. The minimum atomic E-state index is 0.796. The molecule has 1 aromatic carbocycles. The fraction of sp³-hybridized carbons (Fsp3) is 0.357. The molecular weight excluding hydrogens is 246 g/mol. The van der Waals surface area contributed by atoms with E-state index in [1.807, 2.05) is 18.3 Å². The van der Waals surface area contributed by atoms with Crippen LogP contribution in [0, 0.1) is 0 Å². The number of rotatable bonds is 7. The first-order valence-corrected chi connectivity index (χ1v) is 6.66. The first-order valence-electron chi connectivity index (χ1n) is 6.28. The molecule has 0 radical (unpaired) electrons. The molecule has 4 heteroatoms. The molecule has 0 aliphatic carbocycles. The molecule has 96 valence electrons. The topological polar surface area (TPSA) is 40.7 Å². The number of aromatic amines is 1. The van der Waals surface area contributed by atoms with Crippen molar-refractivity contribution in [2.75, 3.05) is 13.1 Å². The zero-order chi connectivity index (χ0) is 12.6. The maximum absolute atomic E-state index is 5.84. The lowest BCUT2D eigenvalue weighted by atomic mass is 10.1. The summed E-state index contributed by atoms with van der Waals surface area (Å²) in [6.45, 7) is 2.02. The van der Waals surface area contributed by atoms with Gasteiger partial charge in [0, 0.05) is 23.8 Å². The number of nitrogens with one attached hydrogen (secondary N) is 2. The Bertz CT molecular complexity index is 437. The van der Waals surface area contributed by atoms with Crippen LogP contribution in [0.1, 0.15) is 17.8 Å². The molecule has 2 rings (SSSR count). The second-order valence-corrected chi connectivity index (χ2v) is 4.70. The minimum absolute atomic E-state index is 0.796. The highest BCUT2D eigenvalue weighted by molar-refractivity contribution is 6.30. The van der Waals surface area contributed by atoms with Gasteiger partial charge in [0.25, 0.3) is 0 Å². The van der Waals surface area contributed by atoms with Crippen molar-refractivity contribution in [1.82, 2.24) is 15.3 Å². The van der Waals surface area contributed by atoms with Gasteiger partial charge in [-0.3, -0.25) is 0 Å². The van der Waals surface area contributed by atoms with Crippen LogP contribution in [0.2, 0.25) is 5.02 Å². The van der Waals surface area contributed by atoms with Crippen molar-refractivity contribution in [2.45, 2.75) is 19.3 Å². The highest BCUT2D eigenvalue weighted by Crippen LogP contribution is 2.09. The zero-order valence-corrected chi connectivity index (χ0v) is 11.1. The summed E-state index contributed by atoms with van der Waals surface area (Å²) in [5.41, 5.74) is 1.32. The van der Waals surface area contributed by atoms with Crippen LogP contribution in [-0.2, 0) is 12.8 Å². The van der Waals surface area contributed by atoms with E-state index in [2.05, 4.69) is 27.4 Å². The zero-order valence-electron chi connectivity index (χ0n) is 10.3. The number of imidazole rings is 1. The average molecular weight is 264 g/mol. The van der Waals surface area contributed by atoms with Crippen molar-refractivity contribution in [1.29, 1.82) is 0 Å². The van der Waals surface area contributed by atoms with Gasteiger partial charge in [-0.1, -0.05) is 23.7 Å². The Kier molecular flexibility index (Phi) is 5.24. The van der Waals surface area contributed by atoms with Crippen LogP contribution in [0.3, 0.4) is 0 Å². The monoisotopic (exact) mass is 263 g/mol. The van der Waals surface area contributed by atoms with Crippen molar-refractivity contribution in [3.05, 3.63) is 53.1 Å². The highest BCUT2D eigenvalue weighted by atomic mass is 35.5. The van der Waals surface area contributed by atoms with Gasteiger partial charge in [0.1, 0.15) is 5.82 Å². The predicted octanol–water partition coefficient (Wildman–Crippen LogP) is 2.83. The van der Waals surface area contributed by atoms with Crippen LogP contribution in [0.5, 0.6) is 0 Å². The molecule has 1 aromatic heterocycles. The van der Waals surface area contributed by atoms with Crippen molar-refractivity contribution in [3.8, 4) is 0 Å². The van der Waals surface area contributed by atoms with Crippen LogP contribution >= 0.6 is 11.6 Å². The molecule has 0 bridgehead atoms. The Hall–Kier alpha value is -1.32. The Morgan fingerprint density at radius 3 is 2.67 bits per heavy atom.